The average molecular weight is 472 g/mol. The SMILES string of the molecule is O=C(COC(=O)c1c2c(nc3ccccc13)C(=Cc1ccc(Cl)cc1)CC2)c1ccc(F)cc1. The number of rotatable bonds is 5. The quantitative estimate of drug-likeness (QED) is 0.244. The fourth-order valence-electron chi connectivity index (χ4n) is 4.19. The zero-order valence-electron chi connectivity index (χ0n) is 18.1. The first-order chi connectivity index (χ1) is 16.5. The first kappa shape index (κ1) is 22.0. The Labute approximate surface area is 200 Å². The van der Waals surface area contributed by atoms with Crippen molar-refractivity contribution in [1.82, 2.24) is 4.98 Å². The van der Waals surface area contributed by atoms with E-state index < -0.39 is 24.2 Å². The standard InChI is InChI=1S/C28H19ClFNO3/c29-20-10-5-17(6-11-20)15-19-9-14-23-26(22-3-1-2-4-24(22)31-27(19)23)28(33)34-16-25(32)18-7-12-21(30)13-8-18/h1-8,10-13,15H,9,14,16H2. The van der Waals surface area contributed by atoms with Crippen LogP contribution in [0.25, 0.3) is 22.6 Å². The van der Waals surface area contributed by atoms with Crippen molar-refractivity contribution in [3.05, 3.63) is 112 Å². The van der Waals surface area contributed by atoms with Gasteiger partial charge in [-0.2, -0.15) is 0 Å². The molecule has 0 unspecified atom stereocenters. The topological polar surface area (TPSA) is 56.3 Å². The number of fused-ring (bicyclic) bond motifs is 2. The van der Waals surface area contributed by atoms with Crippen molar-refractivity contribution in [2.45, 2.75) is 12.8 Å². The van der Waals surface area contributed by atoms with Crippen LogP contribution in [0.15, 0.2) is 72.8 Å². The number of hydrogen-bond acceptors (Lipinski definition) is 4. The lowest BCUT2D eigenvalue weighted by molar-refractivity contribution is 0.0475. The van der Waals surface area contributed by atoms with Crippen molar-refractivity contribution < 1.29 is 18.7 Å². The summed E-state index contributed by atoms with van der Waals surface area (Å²) in [6, 6.07) is 20.1. The van der Waals surface area contributed by atoms with Crippen LogP contribution in [0.5, 0.6) is 0 Å². The maximum atomic E-state index is 13.2. The number of pyridine rings is 1. The zero-order chi connectivity index (χ0) is 23.7. The number of Topliss-reactive ketones (excluding diaryl/α,β-unsaturated/α-hetero) is 1. The lowest BCUT2D eigenvalue weighted by Gasteiger charge is -2.12. The van der Waals surface area contributed by atoms with Crippen molar-refractivity contribution in [2.24, 2.45) is 0 Å². The number of allylic oxidation sites excluding steroid dienone is 1. The molecule has 0 saturated heterocycles. The fourth-order valence-corrected chi connectivity index (χ4v) is 4.32. The summed E-state index contributed by atoms with van der Waals surface area (Å²) < 4.78 is 18.6. The maximum Gasteiger partial charge on any atom is 0.339 e. The van der Waals surface area contributed by atoms with Crippen LogP contribution < -0.4 is 0 Å². The van der Waals surface area contributed by atoms with E-state index in [0.717, 1.165) is 28.8 Å². The lowest BCUT2D eigenvalue weighted by atomic mass is 10.0. The fraction of sp³-hybridized carbons (Fsp3) is 0.107. The Kier molecular flexibility index (Phi) is 5.95. The number of benzene rings is 3. The number of carbonyl (C=O) groups is 2. The summed E-state index contributed by atoms with van der Waals surface area (Å²) >= 11 is 6.00. The highest BCUT2D eigenvalue weighted by atomic mass is 35.5. The summed E-state index contributed by atoms with van der Waals surface area (Å²) in [6.45, 7) is -0.427. The minimum absolute atomic E-state index is 0.284. The molecule has 5 rings (SSSR count). The van der Waals surface area contributed by atoms with Gasteiger partial charge >= 0.3 is 5.97 Å². The minimum Gasteiger partial charge on any atom is -0.454 e. The number of para-hydroxylation sites is 1. The van der Waals surface area contributed by atoms with Crippen LogP contribution in [0.4, 0.5) is 4.39 Å². The number of esters is 1. The molecular weight excluding hydrogens is 453 g/mol. The molecule has 1 aliphatic rings. The first-order valence-electron chi connectivity index (χ1n) is 10.8. The van der Waals surface area contributed by atoms with E-state index in [1.54, 1.807) is 0 Å². The largest absolute Gasteiger partial charge is 0.454 e. The van der Waals surface area contributed by atoms with Crippen LogP contribution in [-0.4, -0.2) is 23.3 Å². The molecule has 0 saturated carbocycles. The first-order valence-corrected chi connectivity index (χ1v) is 11.2. The molecule has 0 fully saturated rings. The predicted molar refractivity (Wildman–Crippen MR) is 130 cm³/mol. The molecule has 0 N–H and O–H groups in total. The second-order valence-electron chi connectivity index (χ2n) is 8.06. The smallest absolute Gasteiger partial charge is 0.339 e. The van der Waals surface area contributed by atoms with Crippen LogP contribution >= 0.6 is 11.6 Å². The molecule has 0 bridgehead atoms. The molecular formula is C28H19ClFNO3. The van der Waals surface area contributed by atoms with E-state index >= 15 is 0 Å². The number of ether oxygens (including phenoxy) is 1. The van der Waals surface area contributed by atoms with Crippen molar-refractivity contribution in [1.29, 1.82) is 0 Å². The van der Waals surface area contributed by atoms with Crippen LogP contribution in [0.2, 0.25) is 5.02 Å². The van der Waals surface area contributed by atoms with Crippen molar-refractivity contribution in [2.75, 3.05) is 6.61 Å². The van der Waals surface area contributed by atoms with Crippen molar-refractivity contribution in [3.63, 3.8) is 0 Å². The third-order valence-electron chi connectivity index (χ3n) is 5.86. The Morgan fingerprint density at radius 2 is 1.71 bits per heavy atom. The number of nitrogens with zero attached hydrogens (tertiary/aromatic N) is 1. The van der Waals surface area contributed by atoms with Gasteiger partial charge in [0.15, 0.2) is 12.4 Å². The average Bonchev–Trinajstić information content (AvgIpc) is 3.24. The Morgan fingerprint density at radius 1 is 0.971 bits per heavy atom. The third-order valence-corrected chi connectivity index (χ3v) is 6.11. The van der Waals surface area contributed by atoms with E-state index in [9.17, 15) is 14.0 Å². The Bertz CT molecular complexity index is 1440. The third kappa shape index (κ3) is 4.35. The molecule has 0 atom stereocenters. The van der Waals surface area contributed by atoms with Gasteiger partial charge in [0.2, 0.25) is 0 Å². The highest BCUT2D eigenvalue weighted by Gasteiger charge is 2.28. The Morgan fingerprint density at radius 3 is 2.47 bits per heavy atom. The molecule has 4 aromatic rings. The van der Waals surface area contributed by atoms with Gasteiger partial charge in [-0.3, -0.25) is 4.79 Å². The molecule has 4 nitrogen and oxygen atoms in total. The molecule has 3 aromatic carbocycles. The molecule has 34 heavy (non-hydrogen) atoms. The van der Waals surface area contributed by atoms with E-state index in [1.165, 1.54) is 24.3 Å². The van der Waals surface area contributed by atoms with Gasteiger partial charge in [-0.25, -0.2) is 14.2 Å². The molecule has 0 radical (unpaired) electrons. The van der Waals surface area contributed by atoms with Gasteiger partial charge in [-0.1, -0.05) is 41.9 Å². The van der Waals surface area contributed by atoms with E-state index in [-0.39, 0.29) is 5.56 Å². The van der Waals surface area contributed by atoms with Crippen LogP contribution in [0.3, 0.4) is 0 Å². The Hall–Kier alpha value is -3.83. The molecule has 0 aliphatic heterocycles. The second kappa shape index (κ2) is 9.20. The summed E-state index contributed by atoms with van der Waals surface area (Å²) in [4.78, 5) is 30.5. The summed E-state index contributed by atoms with van der Waals surface area (Å²) in [5.41, 5.74) is 5.01. The summed E-state index contributed by atoms with van der Waals surface area (Å²) in [7, 11) is 0. The van der Waals surface area contributed by atoms with Gasteiger partial charge in [0, 0.05) is 16.0 Å². The van der Waals surface area contributed by atoms with Crippen molar-refractivity contribution >= 4 is 45.9 Å². The normalized spacial score (nSPS) is 13.8. The molecule has 168 valence electrons. The molecule has 0 amide bonds. The number of halogens is 2. The van der Waals surface area contributed by atoms with Crippen LogP contribution in [-0.2, 0) is 11.2 Å². The second-order valence-corrected chi connectivity index (χ2v) is 8.49. The van der Waals surface area contributed by atoms with Gasteiger partial charge in [0.05, 0.1) is 16.8 Å². The molecule has 6 heteroatoms. The van der Waals surface area contributed by atoms with Gasteiger partial charge in [-0.15, -0.1) is 0 Å². The van der Waals surface area contributed by atoms with Gasteiger partial charge in [0.25, 0.3) is 0 Å². The summed E-state index contributed by atoms with van der Waals surface area (Å²) in [6.07, 6.45) is 3.43. The minimum atomic E-state index is -0.571. The van der Waals surface area contributed by atoms with E-state index in [0.29, 0.717) is 27.9 Å². The zero-order valence-corrected chi connectivity index (χ0v) is 18.8. The van der Waals surface area contributed by atoms with Crippen molar-refractivity contribution in [3.8, 4) is 0 Å². The van der Waals surface area contributed by atoms with Crippen LogP contribution in [0, 0.1) is 5.82 Å². The number of aromatic nitrogens is 1. The highest BCUT2D eigenvalue weighted by molar-refractivity contribution is 6.30. The van der Waals surface area contributed by atoms with E-state index in [1.807, 2.05) is 48.5 Å². The Balaban J connectivity index is 1.48. The number of ketones is 1. The van der Waals surface area contributed by atoms with E-state index in [4.69, 9.17) is 21.3 Å². The van der Waals surface area contributed by atoms with E-state index in [2.05, 4.69) is 6.08 Å². The van der Waals surface area contributed by atoms with Gasteiger partial charge in [0.1, 0.15) is 5.82 Å². The van der Waals surface area contributed by atoms with Gasteiger partial charge < -0.3 is 4.74 Å². The molecule has 1 aliphatic carbocycles. The number of hydrogen-bond donors (Lipinski definition) is 0. The van der Waals surface area contributed by atoms with Crippen LogP contribution in [0.1, 0.15) is 44.0 Å². The highest BCUT2D eigenvalue weighted by Crippen LogP contribution is 2.38. The predicted octanol–water partition coefficient (Wildman–Crippen LogP) is 6.55. The molecule has 0 spiro atoms. The number of carbonyl (C=O) groups excluding carboxylic acids is 2. The summed E-state index contributed by atoms with van der Waals surface area (Å²) in [5, 5.41) is 1.35. The lowest BCUT2D eigenvalue weighted by Crippen LogP contribution is -2.16. The summed E-state index contributed by atoms with van der Waals surface area (Å²) in [5.74, 6) is -1.40. The maximum absolute atomic E-state index is 13.2. The van der Waals surface area contributed by atoms with Gasteiger partial charge in [-0.05, 0) is 78.1 Å². The molecule has 1 heterocycles. The monoisotopic (exact) mass is 471 g/mol. The molecule has 1 aromatic heterocycles.